The molecule has 27 heavy (non-hydrogen) atoms. The van der Waals surface area contributed by atoms with Crippen LogP contribution in [0.1, 0.15) is 38.3 Å². The van der Waals surface area contributed by atoms with Crippen LogP contribution in [0.25, 0.3) is 6.08 Å². The van der Waals surface area contributed by atoms with Crippen LogP contribution in [0, 0.1) is 0 Å². The average molecular weight is 391 g/mol. The number of sulfone groups is 1. The van der Waals surface area contributed by atoms with E-state index in [0.29, 0.717) is 18.8 Å². The topological polar surface area (TPSA) is 57.7 Å². The van der Waals surface area contributed by atoms with E-state index >= 15 is 0 Å². The summed E-state index contributed by atoms with van der Waals surface area (Å²) < 4.78 is 23.3. The molecule has 5 nitrogen and oxygen atoms in total. The Kier molecular flexibility index (Phi) is 5.77. The SMILES string of the molecule is CC(C)(C)c1ccc(C=CC(=O)N2CCN(C3CCS(=O)(=O)C3)CC2)cc1. The number of carbonyl (C=O) groups excluding carboxylic acids is 1. The fourth-order valence-electron chi connectivity index (χ4n) is 3.74. The molecular weight excluding hydrogens is 360 g/mol. The summed E-state index contributed by atoms with van der Waals surface area (Å²) in [7, 11) is -2.86. The summed E-state index contributed by atoms with van der Waals surface area (Å²) >= 11 is 0. The van der Waals surface area contributed by atoms with Crippen LogP contribution >= 0.6 is 0 Å². The van der Waals surface area contributed by atoms with Crippen molar-refractivity contribution in [3.8, 4) is 0 Å². The zero-order valence-corrected chi connectivity index (χ0v) is 17.3. The molecule has 0 aliphatic carbocycles. The van der Waals surface area contributed by atoms with Gasteiger partial charge in [0, 0.05) is 38.3 Å². The maximum absolute atomic E-state index is 12.5. The lowest BCUT2D eigenvalue weighted by atomic mass is 9.87. The number of benzene rings is 1. The number of carbonyl (C=O) groups is 1. The summed E-state index contributed by atoms with van der Waals surface area (Å²) in [6.45, 7) is 9.36. The summed E-state index contributed by atoms with van der Waals surface area (Å²) in [5.41, 5.74) is 2.42. The molecule has 0 bridgehead atoms. The maximum Gasteiger partial charge on any atom is 0.246 e. The molecular formula is C21H30N2O3S. The third-order valence-electron chi connectivity index (χ3n) is 5.55. The number of amides is 1. The first-order valence-electron chi connectivity index (χ1n) is 9.66. The molecule has 2 saturated heterocycles. The van der Waals surface area contributed by atoms with Gasteiger partial charge >= 0.3 is 0 Å². The van der Waals surface area contributed by atoms with Crippen LogP contribution in [-0.4, -0.2) is 67.9 Å². The van der Waals surface area contributed by atoms with Crippen molar-refractivity contribution in [2.24, 2.45) is 0 Å². The molecule has 3 rings (SSSR count). The van der Waals surface area contributed by atoms with Crippen molar-refractivity contribution in [2.45, 2.75) is 38.6 Å². The van der Waals surface area contributed by atoms with Gasteiger partial charge in [-0.25, -0.2) is 8.42 Å². The molecule has 1 atom stereocenters. The number of rotatable bonds is 3. The van der Waals surface area contributed by atoms with Crippen molar-refractivity contribution in [2.75, 3.05) is 37.7 Å². The maximum atomic E-state index is 12.5. The normalized spacial score (nSPS) is 23.8. The van der Waals surface area contributed by atoms with Gasteiger partial charge in [-0.15, -0.1) is 0 Å². The van der Waals surface area contributed by atoms with Gasteiger partial charge in [0.15, 0.2) is 9.84 Å². The first-order chi connectivity index (χ1) is 12.6. The third-order valence-corrected chi connectivity index (χ3v) is 7.30. The zero-order chi connectivity index (χ0) is 19.7. The van der Waals surface area contributed by atoms with E-state index in [9.17, 15) is 13.2 Å². The van der Waals surface area contributed by atoms with Gasteiger partial charge in [-0.1, -0.05) is 45.0 Å². The lowest BCUT2D eigenvalue weighted by Gasteiger charge is -2.37. The Balaban J connectivity index is 1.51. The predicted octanol–water partition coefficient (Wildman–Crippen LogP) is 2.33. The van der Waals surface area contributed by atoms with Gasteiger partial charge in [-0.05, 0) is 29.0 Å². The van der Waals surface area contributed by atoms with Crippen LogP contribution < -0.4 is 0 Å². The highest BCUT2D eigenvalue weighted by Gasteiger charge is 2.34. The summed E-state index contributed by atoms with van der Waals surface area (Å²) in [5.74, 6) is 0.590. The minimum Gasteiger partial charge on any atom is -0.337 e. The van der Waals surface area contributed by atoms with E-state index in [-0.39, 0.29) is 23.1 Å². The van der Waals surface area contributed by atoms with Gasteiger partial charge in [0.2, 0.25) is 5.91 Å². The quantitative estimate of drug-likeness (QED) is 0.744. The molecule has 0 radical (unpaired) electrons. The van der Waals surface area contributed by atoms with Crippen molar-refractivity contribution in [1.29, 1.82) is 0 Å². The molecule has 0 aromatic heterocycles. The molecule has 2 fully saturated rings. The van der Waals surface area contributed by atoms with Crippen LogP contribution in [0.5, 0.6) is 0 Å². The highest BCUT2D eigenvalue weighted by molar-refractivity contribution is 7.91. The molecule has 1 unspecified atom stereocenters. The Bertz CT molecular complexity index is 799. The second-order valence-corrected chi connectivity index (χ2v) is 10.9. The van der Waals surface area contributed by atoms with Gasteiger partial charge in [0.05, 0.1) is 11.5 Å². The minimum atomic E-state index is -2.86. The van der Waals surface area contributed by atoms with Gasteiger partial charge in [-0.3, -0.25) is 9.69 Å². The van der Waals surface area contributed by atoms with Crippen molar-refractivity contribution < 1.29 is 13.2 Å². The molecule has 0 N–H and O–H groups in total. The largest absolute Gasteiger partial charge is 0.337 e. The van der Waals surface area contributed by atoms with E-state index in [1.165, 1.54) is 5.56 Å². The Morgan fingerprint density at radius 1 is 1.07 bits per heavy atom. The Labute approximate surface area is 163 Å². The number of nitrogens with zero attached hydrogens (tertiary/aromatic N) is 2. The van der Waals surface area contributed by atoms with Crippen LogP contribution in [0.2, 0.25) is 0 Å². The third kappa shape index (κ3) is 5.20. The number of piperazine rings is 1. The summed E-state index contributed by atoms with van der Waals surface area (Å²) in [4.78, 5) is 16.5. The van der Waals surface area contributed by atoms with Crippen molar-refractivity contribution >= 4 is 21.8 Å². The van der Waals surface area contributed by atoms with E-state index in [1.807, 2.05) is 23.1 Å². The first-order valence-corrected chi connectivity index (χ1v) is 11.5. The Morgan fingerprint density at radius 3 is 2.22 bits per heavy atom. The van der Waals surface area contributed by atoms with Crippen LogP contribution in [0.4, 0.5) is 0 Å². The molecule has 2 heterocycles. The van der Waals surface area contributed by atoms with E-state index in [2.05, 4.69) is 37.8 Å². The van der Waals surface area contributed by atoms with Crippen molar-refractivity contribution in [3.05, 3.63) is 41.5 Å². The number of hydrogen-bond donors (Lipinski definition) is 0. The minimum absolute atomic E-state index is 0.0218. The fourth-order valence-corrected chi connectivity index (χ4v) is 5.50. The van der Waals surface area contributed by atoms with Gasteiger partial charge in [0.1, 0.15) is 0 Å². The summed E-state index contributed by atoms with van der Waals surface area (Å²) in [6, 6.07) is 8.44. The van der Waals surface area contributed by atoms with Crippen molar-refractivity contribution in [1.82, 2.24) is 9.80 Å². The average Bonchev–Trinajstić information content (AvgIpc) is 2.99. The Hall–Kier alpha value is -1.66. The molecule has 2 aliphatic heterocycles. The summed E-state index contributed by atoms with van der Waals surface area (Å²) in [6.07, 6.45) is 4.23. The Morgan fingerprint density at radius 2 is 1.70 bits per heavy atom. The highest BCUT2D eigenvalue weighted by Crippen LogP contribution is 2.22. The molecule has 1 aromatic rings. The van der Waals surface area contributed by atoms with Gasteiger partial charge in [0.25, 0.3) is 0 Å². The summed E-state index contributed by atoms with van der Waals surface area (Å²) in [5, 5.41) is 0. The molecule has 0 saturated carbocycles. The first kappa shape index (κ1) is 20.1. The fraction of sp³-hybridized carbons (Fsp3) is 0.571. The van der Waals surface area contributed by atoms with Crippen LogP contribution in [0.15, 0.2) is 30.3 Å². The smallest absolute Gasteiger partial charge is 0.246 e. The molecule has 148 valence electrons. The predicted molar refractivity (Wildman–Crippen MR) is 109 cm³/mol. The monoisotopic (exact) mass is 390 g/mol. The zero-order valence-electron chi connectivity index (χ0n) is 16.5. The molecule has 0 spiro atoms. The van der Waals surface area contributed by atoms with E-state index in [4.69, 9.17) is 0 Å². The lowest BCUT2D eigenvalue weighted by Crippen LogP contribution is -2.52. The highest BCUT2D eigenvalue weighted by atomic mass is 32.2. The molecule has 1 amide bonds. The van der Waals surface area contributed by atoms with Gasteiger partial charge in [-0.2, -0.15) is 0 Å². The van der Waals surface area contributed by atoms with E-state index in [0.717, 1.165) is 25.1 Å². The second-order valence-electron chi connectivity index (χ2n) is 8.62. The lowest BCUT2D eigenvalue weighted by molar-refractivity contribution is -0.127. The number of hydrogen-bond acceptors (Lipinski definition) is 4. The van der Waals surface area contributed by atoms with Crippen LogP contribution in [-0.2, 0) is 20.0 Å². The standard InChI is InChI=1S/C21H30N2O3S/c1-21(2,3)18-7-4-17(5-8-18)6-9-20(24)23-13-11-22(12-14-23)19-10-15-27(25,26)16-19/h4-9,19H,10-16H2,1-3H3. The molecule has 6 heteroatoms. The molecule has 1 aromatic carbocycles. The van der Waals surface area contributed by atoms with Gasteiger partial charge < -0.3 is 4.90 Å². The second kappa shape index (κ2) is 7.76. The van der Waals surface area contributed by atoms with Crippen molar-refractivity contribution in [3.63, 3.8) is 0 Å². The van der Waals surface area contributed by atoms with E-state index in [1.54, 1.807) is 6.08 Å². The van der Waals surface area contributed by atoms with Crippen LogP contribution in [0.3, 0.4) is 0 Å². The van der Waals surface area contributed by atoms with E-state index < -0.39 is 9.84 Å². The molecule has 2 aliphatic rings.